The number of hydrogen-bond donors (Lipinski definition) is 1. The Hall–Kier alpha value is -1.10. The topological polar surface area (TPSA) is 66.8 Å². The van der Waals surface area contributed by atoms with Crippen molar-refractivity contribution >= 4 is 11.9 Å². The largest absolute Gasteiger partial charge is 0.481 e. The number of morpholine rings is 1. The van der Waals surface area contributed by atoms with Crippen LogP contribution in [0.5, 0.6) is 0 Å². The molecule has 0 aliphatic carbocycles. The molecule has 16 heavy (non-hydrogen) atoms. The second kappa shape index (κ2) is 6.48. The quantitative estimate of drug-likeness (QED) is 0.686. The predicted octanol–water partition coefficient (Wildman–Crippen LogP) is 0.879. The number of nitrogens with zero attached hydrogens (tertiary/aromatic N) is 1. The Balaban J connectivity index is 2.40. The molecule has 1 heterocycles. The third kappa shape index (κ3) is 3.81. The van der Waals surface area contributed by atoms with E-state index in [1.165, 1.54) is 0 Å². The standard InChI is InChI=1S/C11H19NO4/c1-2-3-4-5-12-6-7-16-9(11(12)15)8-10(13)14/h9H,2-8H2,1H3,(H,13,14). The van der Waals surface area contributed by atoms with Crippen LogP contribution in [0.4, 0.5) is 0 Å². The third-order valence-corrected chi connectivity index (χ3v) is 2.66. The molecule has 1 N–H and O–H groups in total. The molecule has 92 valence electrons. The molecule has 0 saturated carbocycles. The van der Waals surface area contributed by atoms with Crippen molar-refractivity contribution in [1.82, 2.24) is 4.90 Å². The fourth-order valence-electron chi connectivity index (χ4n) is 1.77. The van der Waals surface area contributed by atoms with Crippen LogP contribution in [0.1, 0.15) is 32.6 Å². The molecule has 0 aromatic carbocycles. The predicted molar refractivity (Wildman–Crippen MR) is 58.1 cm³/mol. The number of unbranched alkanes of at least 4 members (excludes halogenated alkanes) is 2. The summed E-state index contributed by atoms with van der Waals surface area (Å²) in [5.41, 5.74) is 0. The SMILES string of the molecule is CCCCCN1CCOC(CC(=O)O)C1=O. The van der Waals surface area contributed by atoms with Gasteiger partial charge in [-0.3, -0.25) is 9.59 Å². The molecule has 1 aliphatic heterocycles. The highest BCUT2D eigenvalue weighted by atomic mass is 16.5. The molecule has 0 aromatic rings. The summed E-state index contributed by atoms with van der Waals surface area (Å²) in [4.78, 5) is 24.0. The number of ether oxygens (including phenoxy) is 1. The lowest BCUT2D eigenvalue weighted by atomic mass is 10.1. The minimum atomic E-state index is -0.992. The summed E-state index contributed by atoms with van der Waals surface area (Å²) in [6.45, 7) is 3.84. The molecule has 5 nitrogen and oxygen atoms in total. The van der Waals surface area contributed by atoms with Gasteiger partial charge in [-0.2, -0.15) is 0 Å². The maximum atomic E-state index is 11.8. The van der Waals surface area contributed by atoms with Crippen molar-refractivity contribution in [2.75, 3.05) is 19.7 Å². The van der Waals surface area contributed by atoms with Gasteiger partial charge in [0, 0.05) is 13.1 Å². The van der Waals surface area contributed by atoms with Gasteiger partial charge in [-0.25, -0.2) is 0 Å². The van der Waals surface area contributed by atoms with Gasteiger partial charge < -0.3 is 14.7 Å². The summed E-state index contributed by atoms with van der Waals surface area (Å²) < 4.78 is 5.17. The maximum absolute atomic E-state index is 11.8. The second-order valence-corrected chi connectivity index (χ2v) is 3.99. The van der Waals surface area contributed by atoms with E-state index in [2.05, 4.69) is 6.92 Å². The van der Waals surface area contributed by atoms with Crippen molar-refractivity contribution in [1.29, 1.82) is 0 Å². The van der Waals surface area contributed by atoms with Gasteiger partial charge in [-0.15, -0.1) is 0 Å². The first-order chi connectivity index (χ1) is 7.65. The van der Waals surface area contributed by atoms with Crippen LogP contribution in [0.2, 0.25) is 0 Å². The lowest BCUT2D eigenvalue weighted by Crippen LogP contribution is -2.48. The zero-order valence-corrected chi connectivity index (χ0v) is 9.65. The molecule has 1 atom stereocenters. The van der Waals surface area contributed by atoms with Crippen LogP contribution < -0.4 is 0 Å². The van der Waals surface area contributed by atoms with Gasteiger partial charge in [0.25, 0.3) is 5.91 Å². The van der Waals surface area contributed by atoms with Crippen LogP contribution in [-0.2, 0) is 14.3 Å². The van der Waals surface area contributed by atoms with E-state index in [0.29, 0.717) is 19.7 Å². The summed E-state index contributed by atoms with van der Waals surface area (Å²) in [6.07, 6.45) is 2.16. The molecule has 1 unspecified atom stereocenters. The van der Waals surface area contributed by atoms with Gasteiger partial charge in [0.1, 0.15) is 6.10 Å². The number of amides is 1. The number of carbonyl (C=O) groups is 2. The van der Waals surface area contributed by atoms with Gasteiger partial charge in [0.15, 0.2) is 0 Å². The van der Waals surface area contributed by atoms with Crippen molar-refractivity contribution in [2.45, 2.75) is 38.7 Å². The van der Waals surface area contributed by atoms with Crippen LogP contribution in [0, 0.1) is 0 Å². The van der Waals surface area contributed by atoms with Gasteiger partial charge >= 0.3 is 5.97 Å². The van der Waals surface area contributed by atoms with E-state index in [4.69, 9.17) is 9.84 Å². The zero-order valence-electron chi connectivity index (χ0n) is 9.65. The molecule has 0 radical (unpaired) electrons. The maximum Gasteiger partial charge on any atom is 0.306 e. The number of carboxylic acids is 1. The lowest BCUT2D eigenvalue weighted by Gasteiger charge is -2.31. The molecule has 5 heteroatoms. The molecule has 0 aromatic heterocycles. The highest BCUT2D eigenvalue weighted by molar-refractivity contribution is 5.85. The van der Waals surface area contributed by atoms with E-state index < -0.39 is 12.1 Å². The molecule has 1 amide bonds. The molecule has 1 fully saturated rings. The number of carboxylic acid groups (broad SMARTS) is 1. The van der Waals surface area contributed by atoms with Crippen LogP contribution >= 0.6 is 0 Å². The van der Waals surface area contributed by atoms with Gasteiger partial charge in [0.2, 0.25) is 0 Å². The average Bonchev–Trinajstić information content (AvgIpc) is 2.23. The summed E-state index contributed by atoms with van der Waals surface area (Å²) in [6, 6.07) is 0. The summed E-state index contributed by atoms with van der Waals surface area (Å²) >= 11 is 0. The Morgan fingerprint density at radius 1 is 1.56 bits per heavy atom. The van der Waals surface area contributed by atoms with Crippen LogP contribution in [-0.4, -0.2) is 47.7 Å². The smallest absolute Gasteiger partial charge is 0.306 e. The molecule has 1 rings (SSSR count). The van der Waals surface area contributed by atoms with E-state index in [9.17, 15) is 9.59 Å². The number of rotatable bonds is 6. The Bertz CT molecular complexity index is 254. The molecule has 0 spiro atoms. The monoisotopic (exact) mass is 229 g/mol. The van der Waals surface area contributed by atoms with Crippen molar-refractivity contribution in [3.8, 4) is 0 Å². The van der Waals surface area contributed by atoms with E-state index in [0.717, 1.165) is 19.3 Å². The molecule has 1 aliphatic rings. The number of hydrogen-bond acceptors (Lipinski definition) is 3. The van der Waals surface area contributed by atoms with Gasteiger partial charge in [-0.05, 0) is 6.42 Å². The Labute approximate surface area is 95.4 Å². The Morgan fingerprint density at radius 2 is 2.31 bits per heavy atom. The minimum Gasteiger partial charge on any atom is -0.481 e. The van der Waals surface area contributed by atoms with Crippen molar-refractivity contribution in [3.63, 3.8) is 0 Å². The number of carbonyl (C=O) groups excluding carboxylic acids is 1. The van der Waals surface area contributed by atoms with Gasteiger partial charge in [0.05, 0.1) is 13.0 Å². The third-order valence-electron chi connectivity index (χ3n) is 2.66. The van der Waals surface area contributed by atoms with E-state index in [-0.39, 0.29) is 12.3 Å². The fraction of sp³-hybridized carbons (Fsp3) is 0.818. The Morgan fingerprint density at radius 3 is 2.94 bits per heavy atom. The summed E-state index contributed by atoms with van der Waals surface area (Å²) in [5, 5.41) is 8.63. The van der Waals surface area contributed by atoms with Crippen molar-refractivity contribution in [2.24, 2.45) is 0 Å². The minimum absolute atomic E-state index is 0.176. The normalized spacial score (nSPS) is 21.2. The average molecular weight is 229 g/mol. The zero-order chi connectivity index (χ0) is 12.0. The summed E-state index contributed by atoms with van der Waals surface area (Å²) in [5.74, 6) is -1.17. The molecule has 0 bridgehead atoms. The van der Waals surface area contributed by atoms with E-state index in [1.54, 1.807) is 4.90 Å². The van der Waals surface area contributed by atoms with Crippen molar-refractivity contribution < 1.29 is 19.4 Å². The van der Waals surface area contributed by atoms with Crippen LogP contribution in [0.3, 0.4) is 0 Å². The van der Waals surface area contributed by atoms with E-state index in [1.807, 2.05) is 0 Å². The second-order valence-electron chi connectivity index (χ2n) is 3.99. The van der Waals surface area contributed by atoms with Gasteiger partial charge in [-0.1, -0.05) is 19.8 Å². The fourth-order valence-corrected chi connectivity index (χ4v) is 1.77. The summed E-state index contributed by atoms with van der Waals surface area (Å²) in [7, 11) is 0. The van der Waals surface area contributed by atoms with Crippen molar-refractivity contribution in [3.05, 3.63) is 0 Å². The first-order valence-corrected chi connectivity index (χ1v) is 5.77. The lowest BCUT2D eigenvalue weighted by molar-refractivity contribution is -0.159. The first-order valence-electron chi connectivity index (χ1n) is 5.77. The first kappa shape index (κ1) is 13.0. The van der Waals surface area contributed by atoms with Crippen LogP contribution in [0.25, 0.3) is 0 Å². The molecular weight excluding hydrogens is 210 g/mol. The highest BCUT2D eigenvalue weighted by Gasteiger charge is 2.30. The van der Waals surface area contributed by atoms with Crippen LogP contribution in [0.15, 0.2) is 0 Å². The highest BCUT2D eigenvalue weighted by Crippen LogP contribution is 2.11. The molecule has 1 saturated heterocycles. The Kier molecular flexibility index (Phi) is 5.25. The number of aliphatic carboxylic acids is 1. The van der Waals surface area contributed by atoms with E-state index >= 15 is 0 Å². The molecular formula is C11H19NO4.